The minimum Gasteiger partial charge on any atom is -0.423 e. The fourth-order valence-corrected chi connectivity index (χ4v) is 5.66. The minimum absolute atomic E-state index is 0.00500. The molecule has 5 rings (SSSR count). The van der Waals surface area contributed by atoms with Crippen molar-refractivity contribution in [3.63, 3.8) is 0 Å². The van der Waals surface area contributed by atoms with Gasteiger partial charge in [0.25, 0.3) is 0 Å². The van der Waals surface area contributed by atoms with Crippen LogP contribution in [0.2, 0.25) is 5.28 Å². The van der Waals surface area contributed by atoms with Crippen molar-refractivity contribution in [2.24, 2.45) is 0 Å². The molecule has 2 unspecified atom stereocenters. The molecule has 2 aromatic heterocycles. The van der Waals surface area contributed by atoms with Crippen molar-refractivity contribution in [1.29, 1.82) is 0 Å². The predicted molar refractivity (Wildman–Crippen MR) is 132 cm³/mol. The molecule has 37 heavy (non-hydrogen) atoms. The summed E-state index contributed by atoms with van der Waals surface area (Å²) in [6.45, 7) is -0.296. The van der Waals surface area contributed by atoms with Crippen LogP contribution in [0, 0.1) is 5.82 Å². The Morgan fingerprint density at radius 3 is 2.62 bits per heavy atom. The number of hydrogen-bond donors (Lipinski definition) is 4. The Labute approximate surface area is 216 Å². The van der Waals surface area contributed by atoms with Gasteiger partial charge in [-0.3, -0.25) is 0 Å². The van der Waals surface area contributed by atoms with Crippen LogP contribution in [0.4, 0.5) is 10.2 Å². The van der Waals surface area contributed by atoms with Gasteiger partial charge in [0.1, 0.15) is 41.3 Å². The average Bonchev–Trinajstić information content (AvgIpc) is 3.57. The second-order valence-electron chi connectivity index (χ2n) is 9.16. The summed E-state index contributed by atoms with van der Waals surface area (Å²) in [5, 5.41) is 25.4. The van der Waals surface area contributed by atoms with Crippen LogP contribution in [0.25, 0.3) is 11.0 Å². The molecule has 3 heterocycles. The van der Waals surface area contributed by atoms with Crippen LogP contribution >= 0.6 is 19.2 Å². The molecule has 11 nitrogen and oxygen atoms in total. The Hall–Kier alpha value is -2.31. The summed E-state index contributed by atoms with van der Waals surface area (Å²) in [6.07, 6.45) is 0.644. The number of hydrogen-bond acceptors (Lipinski definition) is 9. The fourth-order valence-electron chi connectivity index (χ4n) is 4.65. The number of benzene rings is 1. The second kappa shape index (κ2) is 10.8. The van der Waals surface area contributed by atoms with Crippen LogP contribution in [-0.2, 0) is 14.0 Å². The molecule has 1 aromatic carbocycles. The van der Waals surface area contributed by atoms with E-state index < -0.39 is 44.3 Å². The number of rotatable bonds is 9. The highest BCUT2D eigenvalue weighted by atomic mass is 35.5. The third kappa shape index (κ3) is 5.91. The van der Waals surface area contributed by atoms with E-state index in [4.69, 9.17) is 25.6 Å². The first-order chi connectivity index (χ1) is 17.7. The van der Waals surface area contributed by atoms with Gasteiger partial charge in [-0.15, -0.1) is 0 Å². The molecule has 2 fully saturated rings. The van der Waals surface area contributed by atoms with Crippen LogP contribution in [0.1, 0.15) is 31.9 Å². The number of fused-ring (bicyclic) bond motifs is 1. The van der Waals surface area contributed by atoms with E-state index in [1.165, 1.54) is 12.1 Å². The van der Waals surface area contributed by atoms with Gasteiger partial charge >= 0.3 is 7.60 Å². The van der Waals surface area contributed by atoms with Gasteiger partial charge in [0.2, 0.25) is 5.28 Å². The molecule has 0 amide bonds. The number of nitrogens with zero attached hydrogens (tertiary/aromatic N) is 3. The zero-order chi connectivity index (χ0) is 26.2. The molecule has 1 saturated carbocycles. The SMILES string of the molecule is O=P(O)(COCC1O[C@@H](n2ccc3c(NC4CCCC4)nc(Cl)nc32)[C@H](O)[C@@H]1O)Oc1ccc(F)cc1. The van der Waals surface area contributed by atoms with E-state index in [0.29, 0.717) is 22.9 Å². The highest BCUT2D eigenvalue weighted by Crippen LogP contribution is 2.43. The lowest BCUT2D eigenvalue weighted by Gasteiger charge is -2.18. The Bertz CT molecular complexity index is 1290. The van der Waals surface area contributed by atoms with Gasteiger partial charge in [-0.1, -0.05) is 12.8 Å². The maximum Gasteiger partial charge on any atom is 0.402 e. The number of nitrogens with one attached hydrogen (secondary N) is 1. The summed E-state index contributed by atoms with van der Waals surface area (Å²) in [4.78, 5) is 18.7. The summed E-state index contributed by atoms with van der Waals surface area (Å²) in [5.41, 5.74) is 0.422. The van der Waals surface area contributed by atoms with Crippen molar-refractivity contribution in [3.05, 3.63) is 47.6 Å². The molecule has 1 saturated heterocycles. The van der Waals surface area contributed by atoms with Crippen molar-refractivity contribution in [3.8, 4) is 5.75 Å². The van der Waals surface area contributed by atoms with Crippen molar-refractivity contribution in [2.45, 2.75) is 56.3 Å². The molecular formula is C23H27ClFN4O7P. The molecule has 200 valence electrons. The smallest absolute Gasteiger partial charge is 0.402 e. The zero-order valence-corrected chi connectivity index (χ0v) is 21.3. The summed E-state index contributed by atoms with van der Waals surface area (Å²) in [6, 6.07) is 6.70. The van der Waals surface area contributed by atoms with E-state index in [9.17, 15) is 24.1 Å². The Morgan fingerprint density at radius 1 is 1.16 bits per heavy atom. The molecule has 0 radical (unpaired) electrons. The molecule has 2 aliphatic rings. The number of halogens is 2. The number of aromatic nitrogens is 3. The Balaban J connectivity index is 1.24. The van der Waals surface area contributed by atoms with Gasteiger partial charge in [0.05, 0.1) is 12.0 Å². The molecule has 1 aliphatic carbocycles. The molecule has 5 atom stereocenters. The topological polar surface area (TPSA) is 148 Å². The van der Waals surface area contributed by atoms with Crippen molar-refractivity contribution < 1.29 is 38.1 Å². The zero-order valence-electron chi connectivity index (χ0n) is 19.6. The van der Waals surface area contributed by atoms with Crippen LogP contribution in [0.15, 0.2) is 36.5 Å². The fraction of sp³-hybridized carbons (Fsp3) is 0.478. The largest absolute Gasteiger partial charge is 0.423 e. The van der Waals surface area contributed by atoms with Gasteiger partial charge in [-0.2, -0.15) is 4.98 Å². The van der Waals surface area contributed by atoms with E-state index in [-0.39, 0.29) is 17.6 Å². The summed E-state index contributed by atoms with van der Waals surface area (Å²) >= 11 is 6.19. The molecule has 3 aromatic rings. The first-order valence-corrected chi connectivity index (χ1v) is 14.0. The van der Waals surface area contributed by atoms with Gasteiger partial charge in [-0.05, 0) is 54.8 Å². The normalized spacial score (nSPS) is 26.0. The Morgan fingerprint density at radius 2 is 1.89 bits per heavy atom. The van der Waals surface area contributed by atoms with Crippen LogP contribution < -0.4 is 9.84 Å². The number of ether oxygens (including phenoxy) is 2. The van der Waals surface area contributed by atoms with E-state index in [2.05, 4.69) is 15.3 Å². The lowest BCUT2D eigenvalue weighted by molar-refractivity contribution is -0.0610. The third-order valence-electron chi connectivity index (χ3n) is 6.45. The average molecular weight is 557 g/mol. The molecular weight excluding hydrogens is 530 g/mol. The van der Waals surface area contributed by atoms with Gasteiger partial charge in [0, 0.05) is 12.2 Å². The monoisotopic (exact) mass is 556 g/mol. The van der Waals surface area contributed by atoms with Crippen LogP contribution in [0.3, 0.4) is 0 Å². The van der Waals surface area contributed by atoms with E-state index in [1.54, 1.807) is 16.8 Å². The van der Waals surface area contributed by atoms with E-state index >= 15 is 0 Å². The summed E-state index contributed by atoms with van der Waals surface area (Å²) in [5.74, 6) is 0.0844. The predicted octanol–water partition coefficient (Wildman–Crippen LogP) is 3.44. The highest BCUT2D eigenvalue weighted by Gasteiger charge is 2.44. The lowest BCUT2D eigenvalue weighted by Crippen LogP contribution is -2.34. The molecule has 0 spiro atoms. The third-order valence-corrected chi connectivity index (χ3v) is 7.62. The van der Waals surface area contributed by atoms with Gasteiger partial charge < -0.3 is 39.0 Å². The number of aliphatic hydroxyl groups excluding tert-OH is 2. The van der Waals surface area contributed by atoms with Crippen LogP contribution in [-0.4, -0.2) is 67.0 Å². The maximum atomic E-state index is 13.0. The van der Waals surface area contributed by atoms with E-state index in [0.717, 1.165) is 37.8 Å². The highest BCUT2D eigenvalue weighted by molar-refractivity contribution is 7.53. The number of aliphatic hydroxyl groups is 2. The van der Waals surface area contributed by atoms with Gasteiger partial charge in [0.15, 0.2) is 12.6 Å². The first kappa shape index (κ1) is 26.3. The van der Waals surface area contributed by atoms with Crippen molar-refractivity contribution in [2.75, 3.05) is 18.3 Å². The first-order valence-electron chi connectivity index (χ1n) is 11.9. The summed E-state index contributed by atoms with van der Waals surface area (Å²) in [7, 11) is -4.23. The molecule has 4 N–H and O–H groups in total. The minimum atomic E-state index is -4.23. The van der Waals surface area contributed by atoms with Gasteiger partial charge in [-0.25, -0.2) is 13.9 Å². The van der Waals surface area contributed by atoms with Crippen molar-refractivity contribution >= 4 is 36.0 Å². The lowest BCUT2D eigenvalue weighted by atomic mass is 10.1. The second-order valence-corrected chi connectivity index (χ2v) is 11.2. The Kier molecular flexibility index (Phi) is 7.69. The molecule has 14 heteroatoms. The quantitative estimate of drug-likeness (QED) is 0.228. The standard InChI is InChI=1S/C23H27ClFN4O7P/c24-23-27-20(26-14-3-1-2-4-14)16-9-10-29(21(16)28-23)22-19(31)18(30)17(35-22)11-34-12-37(32,33)36-15-7-5-13(25)6-8-15/h5-10,14,17-19,22,30-31H,1-4,11-12H2,(H,32,33)(H,26,27,28)/t17?,18-,19-,22-/m1/s1. The van der Waals surface area contributed by atoms with E-state index in [1.807, 2.05) is 0 Å². The molecule has 1 aliphatic heterocycles. The van der Waals surface area contributed by atoms with Crippen LogP contribution in [0.5, 0.6) is 5.75 Å². The molecule has 0 bridgehead atoms. The van der Waals surface area contributed by atoms with Crippen molar-refractivity contribution in [1.82, 2.24) is 14.5 Å². The summed E-state index contributed by atoms with van der Waals surface area (Å²) < 4.78 is 43.0. The maximum absolute atomic E-state index is 13.0. The number of anilines is 1.